The standard InChI is InChI=1S/C16H19N5S2/c1-9-5-11-6-12(18-8-13(11)21(9)3)10(2)23-16-19-14(17)7-15(20-16)22-4/h5-8,10H,1-4H3,(H2,17,19,20). The maximum Gasteiger partial charge on any atom is 0.191 e. The van der Waals surface area contributed by atoms with Crippen LogP contribution >= 0.6 is 23.5 Å². The molecule has 0 amide bonds. The third-order valence-corrected chi connectivity index (χ3v) is 5.42. The van der Waals surface area contributed by atoms with E-state index in [0.29, 0.717) is 11.0 Å². The van der Waals surface area contributed by atoms with Crippen molar-refractivity contribution in [2.45, 2.75) is 29.3 Å². The van der Waals surface area contributed by atoms with Crippen molar-refractivity contribution >= 4 is 40.2 Å². The zero-order valence-electron chi connectivity index (χ0n) is 13.6. The van der Waals surface area contributed by atoms with Gasteiger partial charge in [-0.25, -0.2) is 9.97 Å². The van der Waals surface area contributed by atoms with E-state index in [1.165, 1.54) is 11.1 Å². The lowest BCUT2D eigenvalue weighted by Gasteiger charge is -2.11. The SMILES string of the molecule is CSc1cc(N)nc(SC(C)c2cc3cc(C)n(C)c3cn2)n1. The number of anilines is 1. The number of nitrogens with zero attached hydrogens (tertiary/aromatic N) is 4. The number of thioether (sulfide) groups is 2. The van der Waals surface area contributed by atoms with Gasteiger partial charge in [0, 0.05) is 24.2 Å². The Morgan fingerprint density at radius 3 is 2.74 bits per heavy atom. The Hall–Kier alpha value is -1.73. The van der Waals surface area contributed by atoms with E-state index in [4.69, 9.17) is 5.73 Å². The molecule has 1 atom stereocenters. The first-order chi connectivity index (χ1) is 11.0. The number of rotatable bonds is 4. The molecule has 3 rings (SSSR count). The highest BCUT2D eigenvalue weighted by Gasteiger charge is 2.14. The monoisotopic (exact) mass is 345 g/mol. The Morgan fingerprint density at radius 1 is 1.22 bits per heavy atom. The van der Waals surface area contributed by atoms with Crippen LogP contribution in [0.4, 0.5) is 5.82 Å². The summed E-state index contributed by atoms with van der Waals surface area (Å²) in [4.78, 5) is 13.4. The van der Waals surface area contributed by atoms with Crippen molar-refractivity contribution < 1.29 is 0 Å². The highest BCUT2D eigenvalue weighted by atomic mass is 32.2. The van der Waals surface area contributed by atoms with Crippen LogP contribution in [0.15, 0.2) is 34.6 Å². The van der Waals surface area contributed by atoms with Crippen LogP contribution in [-0.2, 0) is 7.05 Å². The quantitative estimate of drug-likeness (QED) is 0.440. The first-order valence-electron chi connectivity index (χ1n) is 7.25. The van der Waals surface area contributed by atoms with Crippen molar-refractivity contribution in [1.82, 2.24) is 19.5 Å². The summed E-state index contributed by atoms with van der Waals surface area (Å²) < 4.78 is 2.15. The summed E-state index contributed by atoms with van der Waals surface area (Å²) in [7, 11) is 2.06. The van der Waals surface area contributed by atoms with Gasteiger partial charge in [-0.1, -0.05) is 11.8 Å². The fraction of sp³-hybridized carbons (Fsp3) is 0.312. The van der Waals surface area contributed by atoms with Crippen molar-refractivity contribution in [3.63, 3.8) is 0 Å². The lowest BCUT2D eigenvalue weighted by Crippen LogP contribution is -1.99. The molecule has 0 aliphatic carbocycles. The molecule has 0 bridgehead atoms. The molecule has 3 heterocycles. The molecule has 0 aliphatic heterocycles. The number of aryl methyl sites for hydroxylation is 2. The largest absolute Gasteiger partial charge is 0.384 e. The van der Waals surface area contributed by atoms with E-state index < -0.39 is 0 Å². The minimum absolute atomic E-state index is 0.149. The van der Waals surface area contributed by atoms with Crippen molar-refractivity contribution in [2.24, 2.45) is 7.05 Å². The lowest BCUT2D eigenvalue weighted by atomic mass is 10.2. The highest BCUT2D eigenvalue weighted by molar-refractivity contribution is 7.99. The highest BCUT2D eigenvalue weighted by Crippen LogP contribution is 2.34. The summed E-state index contributed by atoms with van der Waals surface area (Å²) in [5.74, 6) is 0.501. The van der Waals surface area contributed by atoms with Crippen LogP contribution in [0.25, 0.3) is 10.9 Å². The first-order valence-corrected chi connectivity index (χ1v) is 9.35. The van der Waals surface area contributed by atoms with Gasteiger partial charge in [0.15, 0.2) is 5.16 Å². The van der Waals surface area contributed by atoms with Gasteiger partial charge >= 0.3 is 0 Å². The van der Waals surface area contributed by atoms with Crippen LogP contribution in [0.2, 0.25) is 0 Å². The summed E-state index contributed by atoms with van der Waals surface area (Å²) >= 11 is 3.14. The van der Waals surface area contributed by atoms with Crippen LogP contribution in [0, 0.1) is 6.92 Å². The van der Waals surface area contributed by atoms with Crippen LogP contribution < -0.4 is 5.73 Å². The molecule has 3 aromatic heterocycles. The summed E-state index contributed by atoms with van der Waals surface area (Å²) in [6, 6.07) is 6.11. The maximum absolute atomic E-state index is 5.85. The Balaban J connectivity index is 1.88. The Bertz CT molecular complexity index is 859. The van der Waals surface area contributed by atoms with Crippen LogP contribution in [0.5, 0.6) is 0 Å². The zero-order chi connectivity index (χ0) is 16.6. The maximum atomic E-state index is 5.85. The second-order valence-corrected chi connectivity index (χ2v) is 7.53. The first kappa shape index (κ1) is 16.1. The predicted octanol–water partition coefficient (Wildman–Crippen LogP) is 3.83. The molecular weight excluding hydrogens is 326 g/mol. The second kappa shape index (κ2) is 6.41. The molecule has 0 aromatic carbocycles. The van der Waals surface area contributed by atoms with E-state index in [9.17, 15) is 0 Å². The van der Waals surface area contributed by atoms with Crippen molar-refractivity contribution in [3.05, 3.63) is 35.8 Å². The molecule has 0 aliphatic rings. The predicted molar refractivity (Wildman–Crippen MR) is 97.9 cm³/mol. The Labute approximate surface area is 144 Å². The average Bonchev–Trinajstić information content (AvgIpc) is 2.80. The number of hydrogen-bond donors (Lipinski definition) is 1. The van der Waals surface area contributed by atoms with Gasteiger partial charge in [-0.05, 0) is 32.2 Å². The number of hydrogen-bond acceptors (Lipinski definition) is 6. The average molecular weight is 345 g/mol. The molecule has 0 fully saturated rings. The summed E-state index contributed by atoms with van der Waals surface area (Å²) in [5.41, 5.74) is 9.24. The van der Waals surface area contributed by atoms with Crippen molar-refractivity contribution in [2.75, 3.05) is 12.0 Å². The number of aromatic nitrogens is 4. The van der Waals surface area contributed by atoms with Gasteiger partial charge in [-0.2, -0.15) is 0 Å². The molecule has 2 N–H and O–H groups in total. The third kappa shape index (κ3) is 3.30. The van der Waals surface area contributed by atoms with E-state index in [2.05, 4.69) is 52.5 Å². The van der Waals surface area contributed by atoms with Gasteiger partial charge in [-0.15, -0.1) is 11.8 Å². The zero-order valence-corrected chi connectivity index (χ0v) is 15.2. The number of nitrogens with two attached hydrogens (primary N) is 1. The number of fused-ring (bicyclic) bond motifs is 1. The molecule has 7 heteroatoms. The van der Waals surface area contributed by atoms with Gasteiger partial charge in [0.25, 0.3) is 0 Å². The van der Waals surface area contributed by atoms with Crippen LogP contribution in [0.1, 0.15) is 23.6 Å². The summed E-state index contributed by atoms with van der Waals surface area (Å²) in [6.07, 6.45) is 3.91. The molecule has 5 nitrogen and oxygen atoms in total. The second-order valence-electron chi connectivity index (χ2n) is 5.39. The van der Waals surface area contributed by atoms with Crippen LogP contribution in [-0.4, -0.2) is 25.8 Å². The van der Waals surface area contributed by atoms with Crippen molar-refractivity contribution in [1.29, 1.82) is 0 Å². The molecule has 0 saturated carbocycles. The molecule has 0 spiro atoms. The smallest absolute Gasteiger partial charge is 0.191 e. The lowest BCUT2D eigenvalue weighted by molar-refractivity contribution is 0.887. The normalized spacial score (nSPS) is 12.7. The third-order valence-electron chi connectivity index (χ3n) is 3.80. The molecular formula is C16H19N5S2. The molecule has 0 radical (unpaired) electrons. The van der Waals surface area contributed by atoms with Gasteiger partial charge in [0.2, 0.25) is 0 Å². The van der Waals surface area contributed by atoms with Crippen LogP contribution in [0.3, 0.4) is 0 Å². The van der Waals surface area contributed by atoms with Gasteiger partial charge < -0.3 is 10.3 Å². The summed E-state index contributed by atoms with van der Waals surface area (Å²) in [6.45, 7) is 4.21. The number of nitrogen functional groups attached to an aromatic ring is 1. The van der Waals surface area contributed by atoms with E-state index in [-0.39, 0.29) is 5.25 Å². The van der Waals surface area contributed by atoms with Gasteiger partial charge in [0.05, 0.1) is 22.7 Å². The Kier molecular flexibility index (Phi) is 4.50. The van der Waals surface area contributed by atoms with Crippen molar-refractivity contribution in [3.8, 4) is 0 Å². The van der Waals surface area contributed by atoms with E-state index in [1.54, 1.807) is 29.6 Å². The van der Waals surface area contributed by atoms with E-state index >= 15 is 0 Å². The van der Waals surface area contributed by atoms with E-state index in [0.717, 1.165) is 16.2 Å². The topological polar surface area (TPSA) is 69.6 Å². The van der Waals surface area contributed by atoms with Gasteiger partial charge in [-0.3, -0.25) is 4.98 Å². The molecule has 3 aromatic rings. The molecule has 1 unspecified atom stereocenters. The summed E-state index contributed by atoms with van der Waals surface area (Å²) in [5, 5.41) is 2.93. The minimum Gasteiger partial charge on any atom is -0.384 e. The fourth-order valence-electron chi connectivity index (χ4n) is 2.41. The molecule has 120 valence electrons. The van der Waals surface area contributed by atoms with Gasteiger partial charge in [0.1, 0.15) is 10.8 Å². The minimum atomic E-state index is 0.149. The Morgan fingerprint density at radius 2 is 2.00 bits per heavy atom. The molecule has 0 saturated heterocycles. The number of pyridine rings is 1. The molecule has 23 heavy (non-hydrogen) atoms. The van der Waals surface area contributed by atoms with E-state index in [1.807, 2.05) is 12.5 Å². The fourth-order valence-corrected chi connectivity index (χ4v) is 3.76.